The maximum Gasteiger partial charge on any atom is 0.343 e. The minimum Gasteiger partial charge on any atom is -0.454 e. The number of nitrogens with zero attached hydrogens (tertiary/aromatic N) is 1. The number of aromatic nitrogens is 1. The van der Waals surface area contributed by atoms with Crippen LogP contribution in [0.4, 0.5) is 0 Å². The molecule has 1 aliphatic heterocycles. The molecule has 6 rings (SSSR count). The predicted octanol–water partition coefficient (Wildman–Crippen LogP) is 6.96. The summed E-state index contributed by atoms with van der Waals surface area (Å²) in [5.74, 6) is 0.253. The number of hydrazone groups is 1. The van der Waals surface area contributed by atoms with Gasteiger partial charge in [0.2, 0.25) is 6.79 Å². The number of H-pyrrole nitrogens is 1. The number of hydrogen-bond acceptors (Lipinski definition) is 6. The first-order valence-corrected chi connectivity index (χ1v) is 13.3. The molecule has 5 aromatic rings. The summed E-state index contributed by atoms with van der Waals surface area (Å²) in [6, 6.07) is 25.0. The zero-order chi connectivity index (χ0) is 27.6. The molecule has 198 valence electrons. The summed E-state index contributed by atoms with van der Waals surface area (Å²) in [4.78, 5) is 29.3. The topological polar surface area (TPSA) is 102 Å². The zero-order valence-corrected chi connectivity index (χ0v) is 23.0. The smallest absolute Gasteiger partial charge is 0.343 e. The second-order valence-corrected chi connectivity index (χ2v) is 10.1. The lowest BCUT2D eigenvalue weighted by Crippen LogP contribution is -2.19. The van der Waals surface area contributed by atoms with Crippen molar-refractivity contribution in [1.29, 1.82) is 0 Å². The van der Waals surface area contributed by atoms with Crippen molar-refractivity contribution in [3.63, 3.8) is 0 Å². The van der Waals surface area contributed by atoms with Crippen LogP contribution in [0, 0.1) is 0 Å². The Kier molecular flexibility index (Phi) is 6.98. The zero-order valence-electron chi connectivity index (χ0n) is 20.6. The van der Waals surface area contributed by atoms with Gasteiger partial charge in [-0.1, -0.05) is 70.0 Å². The largest absolute Gasteiger partial charge is 0.454 e. The minimum absolute atomic E-state index is 0.102. The van der Waals surface area contributed by atoms with E-state index in [4.69, 9.17) is 25.8 Å². The van der Waals surface area contributed by atoms with Crippen molar-refractivity contribution in [2.24, 2.45) is 5.10 Å². The van der Waals surface area contributed by atoms with Gasteiger partial charge in [-0.15, -0.1) is 0 Å². The second-order valence-electron chi connectivity index (χ2n) is 8.74. The molecule has 8 nitrogen and oxygen atoms in total. The molecule has 0 radical (unpaired) electrons. The SMILES string of the molecule is O=C(Oc1ccc(Br)cc1C=NNC(=O)c1[nH]c2c(Cl)cccc2c1-c1ccccc1)c1ccc2c(c1)OCO2. The summed E-state index contributed by atoms with van der Waals surface area (Å²) in [7, 11) is 0. The molecule has 10 heteroatoms. The number of aromatic amines is 1. The molecule has 0 atom stereocenters. The average molecular weight is 617 g/mol. The molecule has 0 unspecified atom stereocenters. The van der Waals surface area contributed by atoms with Crippen LogP contribution in [0.5, 0.6) is 17.2 Å². The Morgan fingerprint density at radius 3 is 2.65 bits per heavy atom. The summed E-state index contributed by atoms with van der Waals surface area (Å²) in [6.07, 6.45) is 1.41. The summed E-state index contributed by atoms with van der Waals surface area (Å²) in [5.41, 5.74) is 5.87. The van der Waals surface area contributed by atoms with E-state index in [0.717, 1.165) is 15.4 Å². The van der Waals surface area contributed by atoms with Gasteiger partial charge < -0.3 is 19.2 Å². The van der Waals surface area contributed by atoms with E-state index < -0.39 is 11.9 Å². The van der Waals surface area contributed by atoms with Crippen LogP contribution >= 0.6 is 27.5 Å². The van der Waals surface area contributed by atoms with Gasteiger partial charge >= 0.3 is 5.97 Å². The lowest BCUT2D eigenvalue weighted by Gasteiger charge is -2.09. The number of nitrogens with one attached hydrogen (secondary N) is 2. The van der Waals surface area contributed by atoms with E-state index >= 15 is 0 Å². The number of esters is 1. The van der Waals surface area contributed by atoms with Crippen LogP contribution < -0.4 is 19.6 Å². The molecule has 0 saturated carbocycles. The first-order valence-electron chi connectivity index (χ1n) is 12.1. The molecule has 1 amide bonds. The van der Waals surface area contributed by atoms with Gasteiger partial charge in [0.1, 0.15) is 11.4 Å². The summed E-state index contributed by atoms with van der Waals surface area (Å²) < 4.78 is 17.0. The van der Waals surface area contributed by atoms with Crippen molar-refractivity contribution in [3.05, 3.63) is 111 Å². The highest BCUT2D eigenvalue weighted by atomic mass is 79.9. The lowest BCUT2D eigenvalue weighted by molar-refractivity contribution is 0.0733. The van der Waals surface area contributed by atoms with Crippen molar-refractivity contribution in [2.75, 3.05) is 6.79 Å². The number of carbonyl (C=O) groups excluding carboxylic acids is 2. The van der Waals surface area contributed by atoms with E-state index in [1.54, 1.807) is 42.5 Å². The predicted molar refractivity (Wildman–Crippen MR) is 155 cm³/mol. The molecule has 0 bridgehead atoms. The Morgan fingerprint density at radius 1 is 0.975 bits per heavy atom. The number of benzene rings is 4. The van der Waals surface area contributed by atoms with Crippen LogP contribution in [0.3, 0.4) is 0 Å². The third-order valence-electron chi connectivity index (χ3n) is 6.22. The molecule has 4 aromatic carbocycles. The Labute approximate surface area is 241 Å². The number of amides is 1. The van der Waals surface area contributed by atoms with Crippen molar-refractivity contribution >= 4 is 56.5 Å². The summed E-state index contributed by atoms with van der Waals surface area (Å²) in [6.45, 7) is 0.102. The normalized spacial score (nSPS) is 12.2. The Balaban J connectivity index is 1.25. The van der Waals surface area contributed by atoms with E-state index in [2.05, 4.69) is 31.4 Å². The van der Waals surface area contributed by atoms with Crippen LogP contribution in [-0.2, 0) is 0 Å². The van der Waals surface area contributed by atoms with Gasteiger partial charge in [-0.2, -0.15) is 5.10 Å². The standard InChI is InChI=1S/C30H19BrClN3O5/c31-20-10-12-23(40-30(37)18-9-11-24-25(14-18)39-16-38-24)19(13-20)15-33-35-29(36)28-26(17-5-2-1-3-6-17)21-7-4-8-22(32)27(21)34-28/h1-15,34H,16H2,(H,35,36). The quantitative estimate of drug-likeness (QED) is 0.0929. The fourth-order valence-corrected chi connectivity index (χ4v) is 4.97. The number of halogens is 2. The van der Waals surface area contributed by atoms with Crippen molar-refractivity contribution < 1.29 is 23.8 Å². The number of para-hydroxylation sites is 1. The van der Waals surface area contributed by atoms with Crippen LogP contribution in [0.25, 0.3) is 22.0 Å². The summed E-state index contributed by atoms with van der Waals surface area (Å²) in [5, 5.41) is 5.47. The van der Waals surface area contributed by atoms with E-state index in [1.807, 2.05) is 42.5 Å². The molecule has 1 aliphatic rings. The number of ether oxygens (including phenoxy) is 3. The molecular formula is C30H19BrClN3O5. The third kappa shape index (κ3) is 5.04. The molecule has 1 aromatic heterocycles. The van der Waals surface area contributed by atoms with Gasteiger partial charge in [0, 0.05) is 21.0 Å². The molecule has 2 heterocycles. The molecule has 0 spiro atoms. The second kappa shape index (κ2) is 10.9. The van der Waals surface area contributed by atoms with Gasteiger partial charge in [-0.3, -0.25) is 4.79 Å². The molecular weight excluding hydrogens is 598 g/mol. The van der Waals surface area contributed by atoms with E-state index in [-0.39, 0.29) is 12.5 Å². The highest BCUT2D eigenvalue weighted by Gasteiger charge is 2.21. The first-order chi connectivity index (χ1) is 19.5. The van der Waals surface area contributed by atoms with Crippen molar-refractivity contribution in [1.82, 2.24) is 10.4 Å². The molecule has 40 heavy (non-hydrogen) atoms. The van der Waals surface area contributed by atoms with Gasteiger partial charge in [0.25, 0.3) is 5.91 Å². The van der Waals surface area contributed by atoms with Crippen molar-refractivity contribution in [2.45, 2.75) is 0 Å². The van der Waals surface area contributed by atoms with Crippen molar-refractivity contribution in [3.8, 4) is 28.4 Å². The Hall–Kier alpha value is -4.60. The highest BCUT2D eigenvalue weighted by Crippen LogP contribution is 2.36. The van der Waals surface area contributed by atoms with E-state index in [0.29, 0.717) is 44.4 Å². The molecule has 2 N–H and O–H groups in total. The van der Waals surface area contributed by atoms with E-state index in [9.17, 15) is 9.59 Å². The monoisotopic (exact) mass is 615 g/mol. The van der Waals surface area contributed by atoms with Gasteiger partial charge in [-0.05, 0) is 48.0 Å². The molecule has 0 aliphatic carbocycles. The maximum atomic E-state index is 13.3. The van der Waals surface area contributed by atoms with Gasteiger partial charge in [0.15, 0.2) is 11.5 Å². The maximum absolute atomic E-state index is 13.3. The minimum atomic E-state index is -0.582. The fraction of sp³-hybridized carbons (Fsp3) is 0.0333. The van der Waals surface area contributed by atoms with Gasteiger partial charge in [-0.25, -0.2) is 10.2 Å². The highest BCUT2D eigenvalue weighted by molar-refractivity contribution is 9.10. The third-order valence-corrected chi connectivity index (χ3v) is 7.03. The Bertz CT molecular complexity index is 1800. The van der Waals surface area contributed by atoms with E-state index in [1.165, 1.54) is 6.21 Å². The molecule has 0 saturated heterocycles. The fourth-order valence-electron chi connectivity index (χ4n) is 4.37. The lowest BCUT2D eigenvalue weighted by atomic mass is 10.0. The molecule has 0 fully saturated rings. The number of rotatable bonds is 6. The average Bonchev–Trinajstić information content (AvgIpc) is 3.60. The van der Waals surface area contributed by atoms with Gasteiger partial charge in [0.05, 0.1) is 22.3 Å². The number of fused-ring (bicyclic) bond motifs is 2. The number of hydrogen-bond donors (Lipinski definition) is 2. The van der Waals surface area contributed by atoms with Crippen LogP contribution in [0.15, 0.2) is 94.5 Å². The van der Waals surface area contributed by atoms with Crippen LogP contribution in [-0.4, -0.2) is 29.9 Å². The van der Waals surface area contributed by atoms with Crippen LogP contribution in [0.1, 0.15) is 26.4 Å². The first kappa shape index (κ1) is 25.7. The number of carbonyl (C=O) groups is 2. The van der Waals surface area contributed by atoms with Crippen LogP contribution in [0.2, 0.25) is 5.02 Å². The summed E-state index contributed by atoms with van der Waals surface area (Å²) >= 11 is 9.84. The Morgan fingerprint density at radius 2 is 1.80 bits per heavy atom.